The minimum absolute atomic E-state index is 0.0484. The van der Waals surface area contributed by atoms with E-state index in [1.165, 1.54) is 4.90 Å². The molecule has 0 spiro atoms. The summed E-state index contributed by atoms with van der Waals surface area (Å²) in [5, 5.41) is 3.15. The Balaban J connectivity index is 2.17. The van der Waals surface area contributed by atoms with E-state index in [0.29, 0.717) is 0 Å². The van der Waals surface area contributed by atoms with Gasteiger partial charge in [0.25, 0.3) is 5.91 Å². The third kappa shape index (κ3) is 3.06. The van der Waals surface area contributed by atoms with Gasteiger partial charge in [0.05, 0.1) is 12.1 Å². The van der Waals surface area contributed by atoms with Gasteiger partial charge in [0.2, 0.25) is 5.91 Å². The molecule has 1 aromatic carbocycles. The number of likely N-dealkylation sites (tertiary alicyclic amines) is 1. The Morgan fingerprint density at radius 2 is 2.10 bits per heavy atom. The Hall–Kier alpha value is -0.880. The highest BCUT2D eigenvalue weighted by Gasteiger charge is 2.40. The summed E-state index contributed by atoms with van der Waals surface area (Å²) >= 11 is 6.83. The van der Waals surface area contributed by atoms with Crippen molar-refractivity contribution in [3.05, 3.63) is 27.1 Å². The highest BCUT2D eigenvalue weighted by molar-refractivity contribution is 9.11. The number of hydrogen-bond donors (Lipinski definition) is 1. The van der Waals surface area contributed by atoms with Gasteiger partial charge in [0.15, 0.2) is 0 Å². The number of carbonyl (C=O) groups is 2. The first kappa shape index (κ1) is 15.5. The van der Waals surface area contributed by atoms with Crippen LogP contribution in [-0.4, -0.2) is 28.8 Å². The van der Waals surface area contributed by atoms with Gasteiger partial charge in [0.1, 0.15) is 6.04 Å². The van der Waals surface area contributed by atoms with Crippen molar-refractivity contribution in [3.63, 3.8) is 0 Å². The maximum absolute atomic E-state index is 12.3. The number of nitrogens with one attached hydrogen (secondary N) is 1. The molecule has 4 nitrogen and oxygen atoms in total. The average molecular weight is 404 g/mol. The molecule has 1 aliphatic rings. The van der Waals surface area contributed by atoms with E-state index < -0.39 is 6.04 Å². The summed E-state index contributed by atoms with van der Waals surface area (Å²) in [6.45, 7) is 3.87. The van der Waals surface area contributed by atoms with Gasteiger partial charge in [-0.3, -0.25) is 14.5 Å². The number of halogens is 2. The van der Waals surface area contributed by atoms with Crippen molar-refractivity contribution in [3.8, 4) is 0 Å². The van der Waals surface area contributed by atoms with Crippen LogP contribution in [0.4, 0.5) is 5.69 Å². The minimum Gasteiger partial charge on any atom is -0.372 e. The molecule has 2 rings (SSSR count). The zero-order valence-corrected chi connectivity index (χ0v) is 14.5. The van der Waals surface area contributed by atoms with Crippen LogP contribution in [0.3, 0.4) is 0 Å². The first-order valence-electron chi connectivity index (χ1n) is 6.51. The molecule has 108 valence electrons. The standard InChI is InChI=1S/C14H16Br2N2O2/c1-3-8(2)18-13(19)7-12(14(18)20)17-11-6-9(15)4-5-10(11)16/h4-6,8,12,17H,3,7H2,1-2H3. The second-order valence-electron chi connectivity index (χ2n) is 4.88. The molecule has 1 aromatic rings. The monoisotopic (exact) mass is 402 g/mol. The van der Waals surface area contributed by atoms with Gasteiger partial charge >= 0.3 is 0 Å². The molecule has 0 aliphatic carbocycles. The lowest BCUT2D eigenvalue weighted by molar-refractivity contribution is -0.140. The summed E-state index contributed by atoms with van der Waals surface area (Å²) in [4.78, 5) is 25.7. The van der Waals surface area contributed by atoms with E-state index in [4.69, 9.17) is 0 Å². The number of benzene rings is 1. The fraction of sp³-hybridized carbons (Fsp3) is 0.429. The van der Waals surface area contributed by atoms with Crippen LogP contribution >= 0.6 is 31.9 Å². The maximum atomic E-state index is 12.3. The van der Waals surface area contributed by atoms with E-state index in [1.54, 1.807) is 0 Å². The zero-order valence-electron chi connectivity index (χ0n) is 11.3. The van der Waals surface area contributed by atoms with E-state index in [0.717, 1.165) is 21.1 Å². The topological polar surface area (TPSA) is 49.4 Å². The van der Waals surface area contributed by atoms with Crippen LogP contribution in [0, 0.1) is 0 Å². The van der Waals surface area contributed by atoms with Crippen molar-refractivity contribution >= 4 is 49.4 Å². The van der Waals surface area contributed by atoms with Crippen LogP contribution in [0.1, 0.15) is 26.7 Å². The number of rotatable bonds is 4. The molecule has 0 aromatic heterocycles. The molecule has 1 heterocycles. The molecule has 1 fully saturated rings. The van der Waals surface area contributed by atoms with Gasteiger partial charge in [-0.15, -0.1) is 0 Å². The molecule has 2 amide bonds. The fourth-order valence-corrected chi connectivity index (χ4v) is 2.93. The SMILES string of the molecule is CCC(C)N1C(=O)CC(Nc2cc(Br)ccc2Br)C1=O. The molecular formula is C14H16Br2N2O2. The Labute approximate surface area is 135 Å². The van der Waals surface area contributed by atoms with Crippen molar-refractivity contribution in [1.29, 1.82) is 0 Å². The Kier molecular flexibility index (Phi) is 4.86. The van der Waals surface area contributed by atoms with Gasteiger partial charge in [-0.1, -0.05) is 22.9 Å². The third-order valence-electron chi connectivity index (χ3n) is 3.47. The van der Waals surface area contributed by atoms with E-state index in [-0.39, 0.29) is 24.3 Å². The summed E-state index contributed by atoms with van der Waals surface area (Å²) in [6, 6.07) is 5.14. The first-order chi connectivity index (χ1) is 9.43. The summed E-state index contributed by atoms with van der Waals surface area (Å²) in [5.41, 5.74) is 0.802. The van der Waals surface area contributed by atoms with Crippen molar-refractivity contribution in [2.75, 3.05) is 5.32 Å². The summed E-state index contributed by atoms with van der Waals surface area (Å²) in [6.07, 6.45) is 0.979. The molecule has 20 heavy (non-hydrogen) atoms. The van der Waals surface area contributed by atoms with Gasteiger partial charge < -0.3 is 5.32 Å². The second kappa shape index (κ2) is 6.26. The summed E-state index contributed by atoms with van der Waals surface area (Å²) in [5.74, 6) is -0.246. The van der Waals surface area contributed by atoms with E-state index in [2.05, 4.69) is 37.2 Å². The predicted octanol–water partition coefficient (Wildman–Crippen LogP) is 3.55. The number of carbonyl (C=O) groups excluding carboxylic acids is 2. The lowest BCUT2D eigenvalue weighted by atomic mass is 10.2. The first-order valence-corrected chi connectivity index (χ1v) is 8.10. The maximum Gasteiger partial charge on any atom is 0.252 e. The lowest BCUT2D eigenvalue weighted by Crippen LogP contribution is -2.40. The molecule has 2 atom stereocenters. The molecule has 1 aliphatic heterocycles. The lowest BCUT2D eigenvalue weighted by Gasteiger charge is -2.22. The molecule has 0 saturated carbocycles. The number of hydrogen-bond acceptors (Lipinski definition) is 3. The van der Waals surface area contributed by atoms with Crippen LogP contribution in [0.5, 0.6) is 0 Å². The zero-order chi connectivity index (χ0) is 14.9. The second-order valence-corrected chi connectivity index (χ2v) is 6.65. The number of anilines is 1. The Bertz CT molecular complexity index is 548. The normalized spacial score (nSPS) is 20.4. The van der Waals surface area contributed by atoms with Gasteiger partial charge in [-0.05, 0) is 47.5 Å². The van der Waals surface area contributed by atoms with Crippen LogP contribution < -0.4 is 5.32 Å². The van der Waals surface area contributed by atoms with E-state index >= 15 is 0 Å². The quantitative estimate of drug-likeness (QED) is 0.782. The highest BCUT2D eigenvalue weighted by atomic mass is 79.9. The molecule has 6 heteroatoms. The molecular weight excluding hydrogens is 388 g/mol. The van der Waals surface area contributed by atoms with Crippen LogP contribution in [0.25, 0.3) is 0 Å². The third-order valence-corrected chi connectivity index (χ3v) is 4.66. The number of nitrogens with zero attached hydrogens (tertiary/aromatic N) is 1. The van der Waals surface area contributed by atoms with Gasteiger partial charge in [-0.2, -0.15) is 0 Å². The van der Waals surface area contributed by atoms with Crippen LogP contribution in [-0.2, 0) is 9.59 Å². The average Bonchev–Trinajstić information content (AvgIpc) is 2.68. The van der Waals surface area contributed by atoms with Crippen LogP contribution in [0.15, 0.2) is 27.1 Å². The molecule has 0 radical (unpaired) electrons. The number of amides is 2. The van der Waals surface area contributed by atoms with Gasteiger partial charge in [-0.25, -0.2) is 0 Å². The smallest absolute Gasteiger partial charge is 0.252 e. The van der Waals surface area contributed by atoms with Crippen LogP contribution in [0.2, 0.25) is 0 Å². The predicted molar refractivity (Wildman–Crippen MR) is 85.5 cm³/mol. The van der Waals surface area contributed by atoms with E-state index in [1.807, 2.05) is 32.0 Å². The van der Waals surface area contributed by atoms with Crippen molar-refractivity contribution in [1.82, 2.24) is 4.90 Å². The van der Waals surface area contributed by atoms with Crippen molar-refractivity contribution in [2.24, 2.45) is 0 Å². The molecule has 0 bridgehead atoms. The summed E-state index contributed by atoms with van der Waals surface area (Å²) in [7, 11) is 0. The fourth-order valence-electron chi connectivity index (χ4n) is 2.21. The van der Waals surface area contributed by atoms with Gasteiger partial charge in [0, 0.05) is 15.0 Å². The Morgan fingerprint density at radius 3 is 2.75 bits per heavy atom. The minimum atomic E-state index is -0.484. The van der Waals surface area contributed by atoms with Crippen molar-refractivity contribution < 1.29 is 9.59 Å². The van der Waals surface area contributed by atoms with Crippen molar-refractivity contribution in [2.45, 2.75) is 38.8 Å². The molecule has 1 N–H and O–H groups in total. The summed E-state index contributed by atoms with van der Waals surface area (Å²) < 4.78 is 1.78. The molecule has 1 saturated heterocycles. The molecule has 2 unspecified atom stereocenters. The van der Waals surface area contributed by atoms with E-state index in [9.17, 15) is 9.59 Å². The highest BCUT2D eigenvalue weighted by Crippen LogP contribution is 2.29. The largest absolute Gasteiger partial charge is 0.372 e. The Morgan fingerprint density at radius 1 is 1.40 bits per heavy atom. The number of imide groups is 1.